The summed E-state index contributed by atoms with van der Waals surface area (Å²) >= 11 is 0. The lowest BCUT2D eigenvalue weighted by molar-refractivity contribution is -0.111. The van der Waals surface area contributed by atoms with Gasteiger partial charge in [-0.3, -0.25) is 4.79 Å². The molecule has 100 valence electrons. The second-order valence-corrected chi connectivity index (χ2v) is 5.19. The molecule has 2 aromatic rings. The zero-order valence-corrected chi connectivity index (χ0v) is 11.8. The minimum absolute atomic E-state index is 0.0506. The molecule has 3 rings (SSSR count). The lowest BCUT2D eigenvalue weighted by Crippen LogP contribution is -2.25. The maximum absolute atomic E-state index is 12.3. The monoisotopic (exact) mass is 264 g/mol. The van der Waals surface area contributed by atoms with Crippen LogP contribution in [0.15, 0.2) is 47.5 Å². The van der Waals surface area contributed by atoms with Crippen molar-refractivity contribution in [1.82, 2.24) is 0 Å². The van der Waals surface area contributed by atoms with Gasteiger partial charge in [0, 0.05) is 12.6 Å². The van der Waals surface area contributed by atoms with Crippen molar-refractivity contribution < 1.29 is 4.79 Å². The summed E-state index contributed by atoms with van der Waals surface area (Å²) in [6.07, 6.45) is 0. The number of aryl methyl sites for hydroxylation is 2. The third-order valence-corrected chi connectivity index (χ3v) is 3.48. The van der Waals surface area contributed by atoms with Crippen molar-refractivity contribution in [3.63, 3.8) is 0 Å². The summed E-state index contributed by atoms with van der Waals surface area (Å²) in [5.74, 6) is -0.0506. The minimum atomic E-state index is -0.0506. The number of nitrogens with zero attached hydrogens (tertiary/aromatic N) is 2. The molecule has 0 N–H and O–H groups in total. The van der Waals surface area contributed by atoms with E-state index in [0.29, 0.717) is 5.71 Å². The second kappa shape index (κ2) is 4.60. The Hall–Kier alpha value is -2.42. The molecular formula is C17H16N2O. The standard InChI is InChI=1S/C17H16N2O/c1-11-8-12(2)10-13(9-11)18-16-14-6-4-5-7-15(14)19(3)17(16)20/h4-10H,1-3H3. The summed E-state index contributed by atoms with van der Waals surface area (Å²) in [4.78, 5) is 18.6. The Labute approximate surface area is 118 Å². The van der Waals surface area contributed by atoms with Gasteiger partial charge in [0.05, 0.1) is 11.4 Å². The van der Waals surface area contributed by atoms with E-state index in [2.05, 4.69) is 11.1 Å². The van der Waals surface area contributed by atoms with E-state index in [-0.39, 0.29) is 5.91 Å². The number of hydrogen-bond acceptors (Lipinski definition) is 2. The van der Waals surface area contributed by atoms with Crippen LogP contribution >= 0.6 is 0 Å². The quantitative estimate of drug-likeness (QED) is 0.777. The Bertz CT molecular complexity index is 711. The van der Waals surface area contributed by atoms with Gasteiger partial charge < -0.3 is 4.90 Å². The molecule has 1 amide bonds. The van der Waals surface area contributed by atoms with Crippen LogP contribution in [-0.4, -0.2) is 18.7 Å². The van der Waals surface area contributed by atoms with Crippen LogP contribution in [0.5, 0.6) is 0 Å². The average molecular weight is 264 g/mol. The topological polar surface area (TPSA) is 32.7 Å². The smallest absolute Gasteiger partial charge is 0.277 e. The van der Waals surface area contributed by atoms with Gasteiger partial charge in [-0.15, -0.1) is 0 Å². The molecule has 20 heavy (non-hydrogen) atoms. The third-order valence-electron chi connectivity index (χ3n) is 3.48. The van der Waals surface area contributed by atoms with E-state index in [0.717, 1.165) is 28.1 Å². The van der Waals surface area contributed by atoms with Crippen molar-refractivity contribution in [3.05, 3.63) is 59.2 Å². The fourth-order valence-electron chi connectivity index (χ4n) is 2.60. The van der Waals surface area contributed by atoms with Crippen molar-refractivity contribution >= 4 is 23.0 Å². The minimum Gasteiger partial charge on any atom is -0.309 e. The van der Waals surface area contributed by atoms with Gasteiger partial charge in [-0.2, -0.15) is 0 Å². The molecule has 3 nitrogen and oxygen atoms in total. The van der Waals surface area contributed by atoms with Crippen molar-refractivity contribution in [2.24, 2.45) is 4.99 Å². The van der Waals surface area contributed by atoms with Crippen LogP contribution in [0, 0.1) is 13.8 Å². The molecule has 0 aromatic heterocycles. The molecule has 0 radical (unpaired) electrons. The van der Waals surface area contributed by atoms with Crippen LogP contribution in [0.1, 0.15) is 16.7 Å². The maximum Gasteiger partial charge on any atom is 0.277 e. The number of hydrogen-bond donors (Lipinski definition) is 0. The maximum atomic E-state index is 12.3. The molecule has 2 aromatic carbocycles. The van der Waals surface area contributed by atoms with Gasteiger partial charge >= 0.3 is 0 Å². The van der Waals surface area contributed by atoms with E-state index in [1.807, 2.05) is 50.2 Å². The number of anilines is 1. The number of benzene rings is 2. The first-order chi connectivity index (χ1) is 9.56. The van der Waals surface area contributed by atoms with Crippen molar-refractivity contribution in [2.75, 3.05) is 11.9 Å². The van der Waals surface area contributed by atoms with Gasteiger partial charge in [0.1, 0.15) is 5.71 Å². The van der Waals surface area contributed by atoms with Crippen LogP contribution in [0.4, 0.5) is 11.4 Å². The van der Waals surface area contributed by atoms with Crippen LogP contribution in [0.3, 0.4) is 0 Å². The Morgan fingerprint density at radius 1 is 1.00 bits per heavy atom. The molecule has 1 aliphatic rings. The fourth-order valence-corrected chi connectivity index (χ4v) is 2.60. The molecule has 0 saturated heterocycles. The summed E-state index contributed by atoms with van der Waals surface area (Å²) in [6, 6.07) is 13.8. The van der Waals surface area contributed by atoms with E-state index in [9.17, 15) is 4.79 Å². The molecule has 0 atom stereocenters. The molecule has 0 fully saturated rings. The average Bonchev–Trinajstić information content (AvgIpc) is 2.64. The number of fused-ring (bicyclic) bond motifs is 1. The predicted molar refractivity (Wildman–Crippen MR) is 82.0 cm³/mol. The summed E-state index contributed by atoms with van der Waals surface area (Å²) < 4.78 is 0. The molecular weight excluding hydrogens is 248 g/mol. The summed E-state index contributed by atoms with van der Waals surface area (Å²) in [7, 11) is 1.78. The van der Waals surface area contributed by atoms with E-state index in [4.69, 9.17) is 0 Å². The van der Waals surface area contributed by atoms with Crippen LogP contribution in [-0.2, 0) is 4.79 Å². The van der Waals surface area contributed by atoms with Gasteiger partial charge in [0.25, 0.3) is 5.91 Å². The van der Waals surface area contributed by atoms with Crippen LogP contribution in [0.2, 0.25) is 0 Å². The summed E-state index contributed by atoms with van der Waals surface area (Å²) in [5.41, 5.74) is 5.47. The van der Waals surface area contributed by atoms with Gasteiger partial charge in [-0.25, -0.2) is 4.99 Å². The normalized spacial score (nSPS) is 15.8. The first kappa shape index (κ1) is 12.6. The highest BCUT2D eigenvalue weighted by Crippen LogP contribution is 2.29. The number of carbonyl (C=O) groups excluding carboxylic acids is 1. The van der Waals surface area contributed by atoms with Gasteiger partial charge in [-0.05, 0) is 43.2 Å². The highest BCUT2D eigenvalue weighted by atomic mass is 16.2. The molecule has 1 heterocycles. The molecule has 0 bridgehead atoms. The molecule has 0 unspecified atom stereocenters. The first-order valence-electron chi connectivity index (χ1n) is 6.61. The molecule has 0 spiro atoms. The zero-order chi connectivity index (χ0) is 14.3. The van der Waals surface area contributed by atoms with Gasteiger partial charge in [0.2, 0.25) is 0 Å². The largest absolute Gasteiger partial charge is 0.309 e. The molecule has 3 heteroatoms. The Kier molecular flexibility index (Phi) is 2.90. The van der Waals surface area contributed by atoms with Crippen molar-refractivity contribution in [2.45, 2.75) is 13.8 Å². The zero-order valence-electron chi connectivity index (χ0n) is 11.8. The third kappa shape index (κ3) is 2.01. The van der Waals surface area contributed by atoms with Crippen LogP contribution < -0.4 is 4.90 Å². The highest BCUT2D eigenvalue weighted by Gasteiger charge is 2.30. The van der Waals surface area contributed by atoms with E-state index >= 15 is 0 Å². The lowest BCUT2D eigenvalue weighted by atomic mass is 10.1. The van der Waals surface area contributed by atoms with Gasteiger partial charge in [0.15, 0.2) is 0 Å². The van der Waals surface area contributed by atoms with Crippen LogP contribution in [0.25, 0.3) is 0 Å². The Morgan fingerprint density at radius 3 is 2.35 bits per heavy atom. The summed E-state index contributed by atoms with van der Waals surface area (Å²) in [6.45, 7) is 4.07. The highest BCUT2D eigenvalue weighted by molar-refractivity contribution is 6.54. The van der Waals surface area contributed by atoms with E-state index in [1.54, 1.807) is 11.9 Å². The number of rotatable bonds is 1. The second-order valence-electron chi connectivity index (χ2n) is 5.19. The van der Waals surface area contributed by atoms with E-state index < -0.39 is 0 Å². The Morgan fingerprint density at radius 2 is 1.65 bits per heavy atom. The molecule has 0 aliphatic carbocycles. The lowest BCUT2D eigenvalue weighted by Gasteiger charge is -2.07. The number of carbonyl (C=O) groups is 1. The SMILES string of the molecule is Cc1cc(C)cc(N=C2C(=O)N(C)c3ccccc32)c1. The van der Waals surface area contributed by atoms with Crippen molar-refractivity contribution in [1.29, 1.82) is 0 Å². The van der Waals surface area contributed by atoms with Gasteiger partial charge in [-0.1, -0.05) is 24.3 Å². The Balaban J connectivity index is 2.14. The number of amides is 1. The number of para-hydroxylation sites is 1. The fraction of sp³-hybridized carbons (Fsp3) is 0.176. The molecule has 0 saturated carbocycles. The summed E-state index contributed by atoms with van der Waals surface area (Å²) in [5, 5.41) is 0. The van der Waals surface area contributed by atoms with E-state index in [1.165, 1.54) is 0 Å². The predicted octanol–water partition coefficient (Wildman–Crippen LogP) is 3.40. The molecule has 1 aliphatic heterocycles. The number of likely N-dealkylation sites (N-methyl/N-ethyl adjacent to an activating group) is 1. The first-order valence-corrected chi connectivity index (χ1v) is 6.61. The number of aliphatic imine (C=N–C) groups is 1. The van der Waals surface area contributed by atoms with Crippen molar-refractivity contribution in [3.8, 4) is 0 Å².